The summed E-state index contributed by atoms with van der Waals surface area (Å²) >= 11 is 1.23. The number of aromatic nitrogens is 1. The highest BCUT2D eigenvalue weighted by atomic mass is 32.1. The third-order valence-electron chi connectivity index (χ3n) is 4.27. The Labute approximate surface area is 169 Å². The molecular formula is C20H19F3N2O3S. The largest absolute Gasteiger partial charge is 0.495 e. The van der Waals surface area contributed by atoms with Crippen LogP contribution in [0.4, 0.5) is 13.2 Å². The van der Waals surface area contributed by atoms with Crippen molar-refractivity contribution in [2.24, 2.45) is 4.99 Å². The normalized spacial score (nSPS) is 12.4. The van der Waals surface area contributed by atoms with Crippen molar-refractivity contribution in [1.82, 2.24) is 4.57 Å². The van der Waals surface area contributed by atoms with Gasteiger partial charge in [0.2, 0.25) is 0 Å². The Bertz CT molecular complexity index is 1120. The van der Waals surface area contributed by atoms with Gasteiger partial charge in [0.1, 0.15) is 21.7 Å². The van der Waals surface area contributed by atoms with E-state index in [9.17, 15) is 18.0 Å². The van der Waals surface area contributed by atoms with Crippen LogP contribution in [-0.2, 0) is 12.7 Å². The predicted molar refractivity (Wildman–Crippen MR) is 105 cm³/mol. The predicted octanol–water partition coefficient (Wildman–Crippen LogP) is 4.89. The number of ether oxygens (including phenoxy) is 2. The molecule has 0 N–H and O–H groups in total. The van der Waals surface area contributed by atoms with E-state index in [2.05, 4.69) is 4.99 Å². The minimum atomic E-state index is -4.53. The van der Waals surface area contributed by atoms with Crippen molar-refractivity contribution in [3.8, 4) is 11.5 Å². The van der Waals surface area contributed by atoms with Crippen LogP contribution in [0.2, 0.25) is 0 Å². The zero-order valence-electron chi connectivity index (χ0n) is 16.0. The number of benzene rings is 2. The first-order chi connectivity index (χ1) is 13.8. The number of fused-ring (bicyclic) bond motifs is 1. The number of amides is 1. The molecule has 0 aliphatic carbocycles. The van der Waals surface area contributed by atoms with Gasteiger partial charge in [0.15, 0.2) is 4.80 Å². The van der Waals surface area contributed by atoms with Crippen LogP contribution in [-0.4, -0.2) is 24.7 Å². The molecule has 1 heterocycles. The summed E-state index contributed by atoms with van der Waals surface area (Å²) in [6, 6.07) is 7.76. The number of alkyl halides is 3. The number of carbonyl (C=O) groups is 1. The first-order valence-corrected chi connectivity index (χ1v) is 9.62. The van der Waals surface area contributed by atoms with Crippen molar-refractivity contribution in [2.45, 2.75) is 26.1 Å². The molecule has 0 saturated heterocycles. The Morgan fingerprint density at radius 2 is 1.83 bits per heavy atom. The highest BCUT2D eigenvalue weighted by molar-refractivity contribution is 7.16. The first-order valence-electron chi connectivity index (χ1n) is 8.80. The highest BCUT2D eigenvalue weighted by Gasteiger charge is 2.31. The molecule has 0 bridgehead atoms. The Hall–Kier alpha value is -2.81. The second-order valence-corrected chi connectivity index (χ2v) is 7.16. The minimum Gasteiger partial charge on any atom is -0.495 e. The number of carbonyl (C=O) groups excluding carboxylic acids is 1. The van der Waals surface area contributed by atoms with Crippen LogP contribution in [0.15, 0.2) is 41.4 Å². The van der Waals surface area contributed by atoms with E-state index < -0.39 is 17.6 Å². The molecule has 3 rings (SSSR count). The van der Waals surface area contributed by atoms with Crippen molar-refractivity contribution in [3.05, 3.63) is 52.3 Å². The number of hydrogen-bond acceptors (Lipinski definition) is 4. The van der Waals surface area contributed by atoms with Gasteiger partial charge >= 0.3 is 6.18 Å². The van der Waals surface area contributed by atoms with Gasteiger partial charge in [-0.25, -0.2) is 0 Å². The molecule has 3 aromatic rings. The molecule has 1 amide bonds. The van der Waals surface area contributed by atoms with Crippen molar-refractivity contribution >= 4 is 27.5 Å². The van der Waals surface area contributed by atoms with E-state index in [1.165, 1.54) is 30.6 Å². The monoisotopic (exact) mass is 424 g/mol. The fraction of sp³-hybridized carbons (Fsp3) is 0.300. The summed E-state index contributed by atoms with van der Waals surface area (Å²) in [5, 5.41) is 0. The summed E-state index contributed by atoms with van der Waals surface area (Å²) in [6.07, 6.45) is -3.77. The number of thiazole rings is 1. The maximum atomic E-state index is 13.0. The Morgan fingerprint density at radius 1 is 1.14 bits per heavy atom. The maximum Gasteiger partial charge on any atom is 0.416 e. The van der Waals surface area contributed by atoms with Crippen LogP contribution in [0.1, 0.15) is 29.3 Å². The topological polar surface area (TPSA) is 52.8 Å². The SMILES string of the molecule is CCCn1c(=NC(=O)c2cccc(C(F)(F)F)c2)sc2c(OC)ccc(OC)c21. The van der Waals surface area contributed by atoms with E-state index in [0.717, 1.165) is 28.8 Å². The molecule has 0 unspecified atom stereocenters. The van der Waals surface area contributed by atoms with Gasteiger partial charge in [-0.2, -0.15) is 18.2 Å². The van der Waals surface area contributed by atoms with Gasteiger partial charge in [-0.15, -0.1) is 0 Å². The molecule has 0 spiro atoms. The highest BCUT2D eigenvalue weighted by Crippen LogP contribution is 2.35. The standard InChI is InChI=1S/C20H19F3N2O3S/c1-4-10-25-16-14(27-2)8-9-15(28-3)17(16)29-19(25)24-18(26)12-6-5-7-13(11-12)20(21,22)23/h5-9,11H,4,10H2,1-3H3. The summed E-state index contributed by atoms with van der Waals surface area (Å²) in [4.78, 5) is 17.1. The van der Waals surface area contributed by atoms with Gasteiger partial charge in [-0.1, -0.05) is 24.3 Å². The van der Waals surface area contributed by atoms with Crippen molar-refractivity contribution in [1.29, 1.82) is 0 Å². The Balaban J connectivity index is 2.20. The number of halogens is 3. The smallest absolute Gasteiger partial charge is 0.416 e. The molecule has 0 atom stereocenters. The summed E-state index contributed by atoms with van der Waals surface area (Å²) in [5.74, 6) is 0.451. The molecule has 0 fully saturated rings. The second-order valence-electron chi connectivity index (χ2n) is 6.18. The number of hydrogen-bond donors (Lipinski definition) is 0. The van der Waals surface area contributed by atoms with E-state index in [1.54, 1.807) is 19.2 Å². The van der Waals surface area contributed by atoms with Crippen molar-refractivity contribution in [3.63, 3.8) is 0 Å². The van der Waals surface area contributed by atoms with Gasteiger partial charge in [0.25, 0.3) is 5.91 Å². The molecular weight excluding hydrogens is 405 g/mol. The van der Waals surface area contributed by atoms with Gasteiger partial charge in [0, 0.05) is 12.1 Å². The molecule has 0 radical (unpaired) electrons. The lowest BCUT2D eigenvalue weighted by molar-refractivity contribution is -0.137. The Kier molecular flexibility index (Phi) is 5.97. The zero-order chi connectivity index (χ0) is 21.2. The molecule has 0 aliphatic rings. The van der Waals surface area contributed by atoms with E-state index in [0.29, 0.717) is 22.8 Å². The van der Waals surface area contributed by atoms with E-state index in [-0.39, 0.29) is 5.56 Å². The molecule has 2 aromatic carbocycles. The number of rotatable bonds is 5. The average Bonchev–Trinajstić information content (AvgIpc) is 3.05. The quantitative estimate of drug-likeness (QED) is 0.586. The molecule has 1 aromatic heterocycles. The van der Waals surface area contributed by atoms with Crippen LogP contribution in [0.25, 0.3) is 10.2 Å². The van der Waals surface area contributed by atoms with Gasteiger partial charge in [-0.05, 0) is 36.8 Å². The average molecular weight is 424 g/mol. The number of methoxy groups -OCH3 is 2. The lowest BCUT2D eigenvalue weighted by atomic mass is 10.1. The van der Waals surface area contributed by atoms with Gasteiger partial charge in [-0.3, -0.25) is 4.79 Å². The molecule has 29 heavy (non-hydrogen) atoms. The van der Waals surface area contributed by atoms with Crippen molar-refractivity contribution < 1.29 is 27.4 Å². The fourth-order valence-corrected chi connectivity index (χ4v) is 4.11. The molecule has 9 heteroatoms. The summed E-state index contributed by atoms with van der Waals surface area (Å²) in [7, 11) is 3.08. The van der Waals surface area contributed by atoms with Crippen LogP contribution in [0.3, 0.4) is 0 Å². The third-order valence-corrected chi connectivity index (χ3v) is 5.37. The summed E-state index contributed by atoms with van der Waals surface area (Å²) in [6.45, 7) is 2.53. The first kappa shape index (κ1) is 20.9. The van der Waals surface area contributed by atoms with Crippen LogP contribution in [0.5, 0.6) is 11.5 Å². The molecule has 0 saturated carbocycles. The molecule has 154 valence electrons. The van der Waals surface area contributed by atoms with Crippen LogP contribution in [0, 0.1) is 0 Å². The van der Waals surface area contributed by atoms with Crippen LogP contribution >= 0.6 is 11.3 Å². The van der Waals surface area contributed by atoms with Gasteiger partial charge in [0.05, 0.1) is 19.8 Å². The van der Waals surface area contributed by atoms with E-state index in [4.69, 9.17) is 9.47 Å². The van der Waals surface area contributed by atoms with E-state index in [1.807, 2.05) is 11.5 Å². The summed E-state index contributed by atoms with van der Waals surface area (Å²) < 4.78 is 52.3. The van der Waals surface area contributed by atoms with Gasteiger partial charge < -0.3 is 14.0 Å². The van der Waals surface area contributed by atoms with E-state index >= 15 is 0 Å². The maximum absolute atomic E-state index is 13.0. The molecule has 5 nitrogen and oxygen atoms in total. The lowest BCUT2D eigenvalue weighted by Crippen LogP contribution is -2.17. The number of aryl methyl sites for hydroxylation is 1. The lowest BCUT2D eigenvalue weighted by Gasteiger charge is -2.09. The summed E-state index contributed by atoms with van der Waals surface area (Å²) in [5.41, 5.74) is -0.284. The van der Waals surface area contributed by atoms with Crippen LogP contribution < -0.4 is 14.3 Å². The Morgan fingerprint density at radius 3 is 2.45 bits per heavy atom. The minimum absolute atomic E-state index is 0.126. The second kappa shape index (κ2) is 8.28. The fourth-order valence-electron chi connectivity index (χ4n) is 2.95. The zero-order valence-corrected chi connectivity index (χ0v) is 16.9. The van der Waals surface area contributed by atoms with Crippen molar-refractivity contribution in [2.75, 3.05) is 14.2 Å². The third kappa shape index (κ3) is 4.14. The number of nitrogens with zero attached hydrogens (tertiary/aromatic N) is 2. The molecule has 0 aliphatic heterocycles.